The van der Waals surface area contributed by atoms with Gasteiger partial charge in [0.05, 0.1) is 24.0 Å². The highest BCUT2D eigenvalue weighted by atomic mass is 32.2. The van der Waals surface area contributed by atoms with Crippen molar-refractivity contribution in [1.29, 1.82) is 0 Å². The summed E-state index contributed by atoms with van der Waals surface area (Å²) in [5.74, 6) is -1.000. The molecular formula is C27H30N2O4S. The first-order valence-electron chi connectivity index (χ1n) is 11.0. The molecule has 0 bridgehead atoms. The molecule has 0 radical (unpaired) electrons. The molecule has 7 heteroatoms. The Morgan fingerprint density at radius 3 is 1.68 bits per heavy atom. The molecule has 0 spiro atoms. The van der Waals surface area contributed by atoms with Gasteiger partial charge in [0.2, 0.25) is 5.91 Å². The second-order valence-electron chi connectivity index (χ2n) is 7.95. The Morgan fingerprint density at radius 1 is 0.912 bits per heavy atom. The number of hydrogen-bond donors (Lipinski definition) is 3. The highest BCUT2D eigenvalue weighted by molar-refractivity contribution is 8.00. The maximum Gasteiger partial charge on any atom is 0.331 e. The van der Waals surface area contributed by atoms with Crippen LogP contribution in [0.3, 0.4) is 0 Å². The van der Waals surface area contributed by atoms with Crippen molar-refractivity contribution in [3.8, 4) is 0 Å². The molecule has 0 saturated carbocycles. The minimum atomic E-state index is -1.18. The number of rotatable bonds is 10. The Bertz CT molecular complexity index is 965. The van der Waals surface area contributed by atoms with Gasteiger partial charge in [0, 0.05) is 5.75 Å². The van der Waals surface area contributed by atoms with Gasteiger partial charge in [-0.25, -0.2) is 4.79 Å². The predicted octanol–water partition coefficient (Wildman–Crippen LogP) is 3.08. The SMILES string of the molecule is COC(=O)[C@@H](NC(=O)C(N)CSC(c1ccccc1)(c1ccccc1)c1ccccc1)[C@@H](C)O. The van der Waals surface area contributed by atoms with E-state index in [9.17, 15) is 14.7 Å². The minimum Gasteiger partial charge on any atom is -0.467 e. The van der Waals surface area contributed by atoms with Crippen LogP contribution in [0.1, 0.15) is 23.6 Å². The number of carbonyl (C=O) groups excluding carboxylic acids is 2. The molecule has 4 N–H and O–H groups in total. The van der Waals surface area contributed by atoms with Crippen molar-refractivity contribution in [2.75, 3.05) is 12.9 Å². The molecule has 178 valence electrons. The molecule has 1 unspecified atom stereocenters. The van der Waals surface area contributed by atoms with Gasteiger partial charge in [-0.3, -0.25) is 4.79 Å². The third-order valence-electron chi connectivity index (χ3n) is 5.59. The molecule has 3 atom stereocenters. The maximum atomic E-state index is 12.8. The number of nitrogens with one attached hydrogen (secondary N) is 1. The van der Waals surface area contributed by atoms with E-state index in [2.05, 4.69) is 46.5 Å². The molecule has 3 aromatic carbocycles. The molecule has 6 nitrogen and oxygen atoms in total. The lowest BCUT2D eigenvalue weighted by Crippen LogP contribution is -2.53. The van der Waals surface area contributed by atoms with Crippen LogP contribution in [-0.4, -0.2) is 48.0 Å². The quantitative estimate of drug-likeness (QED) is 0.306. The average molecular weight is 479 g/mol. The molecule has 0 aliphatic heterocycles. The van der Waals surface area contributed by atoms with Gasteiger partial charge >= 0.3 is 5.97 Å². The monoisotopic (exact) mass is 478 g/mol. The van der Waals surface area contributed by atoms with E-state index in [4.69, 9.17) is 5.73 Å². The molecule has 3 aromatic rings. The van der Waals surface area contributed by atoms with E-state index >= 15 is 0 Å². The summed E-state index contributed by atoms with van der Waals surface area (Å²) >= 11 is 1.55. The largest absolute Gasteiger partial charge is 0.467 e. The lowest BCUT2D eigenvalue weighted by Gasteiger charge is -2.36. The predicted molar refractivity (Wildman–Crippen MR) is 135 cm³/mol. The second kappa shape index (κ2) is 11.8. The molecule has 0 saturated heterocycles. The fourth-order valence-corrected chi connectivity index (χ4v) is 5.31. The van der Waals surface area contributed by atoms with Gasteiger partial charge in [0.15, 0.2) is 6.04 Å². The van der Waals surface area contributed by atoms with Crippen molar-refractivity contribution < 1.29 is 19.4 Å². The summed E-state index contributed by atoms with van der Waals surface area (Å²) in [7, 11) is 1.20. The summed E-state index contributed by atoms with van der Waals surface area (Å²) in [6.07, 6.45) is -1.12. The number of thioether (sulfide) groups is 1. The van der Waals surface area contributed by atoms with Crippen molar-refractivity contribution in [3.63, 3.8) is 0 Å². The minimum absolute atomic E-state index is 0.262. The molecule has 0 aromatic heterocycles. The third kappa shape index (κ3) is 5.67. The van der Waals surface area contributed by atoms with Gasteiger partial charge in [0.25, 0.3) is 0 Å². The van der Waals surface area contributed by atoms with Crippen LogP contribution in [0.25, 0.3) is 0 Å². The topological polar surface area (TPSA) is 102 Å². The van der Waals surface area contributed by atoms with E-state index < -0.39 is 34.8 Å². The molecule has 1 amide bonds. The smallest absolute Gasteiger partial charge is 0.331 e. The average Bonchev–Trinajstić information content (AvgIpc) is 2.88. The number of benzene rings is 3. The Balaban J connectivity index is 1.95. The zero-order valence-corrected chi connectivity index (χ0v) is 20.1. The van der Waals surface area contributed by atoms with Crippen LogP contribution in [0.15, 0.2) is 91.0 Å². The number of esters is 1. The van der Waals surface area contributed by atoms with E-state index in [1.165, 1.54) is 14.0 Å². The van der Waals surface area contributed by atoms with Gasteiger partial charge < -0.3 is 20.9 Å². The fourth-order valence-electron chi connectivity index (χ4n) is 3.82. The normalized spacial score (nSPS) is 14.0. The van der Waals surface area contributed by atoms with Crippen LogP contribution in [0, 0.1) is 0 Å². The zero-order valence-electron chi connectivity index (χ0n) is 19.3. The summed E-state index contributed by atoms with van der Waals surface area (Å²) in [6, 6.07) is 28.2. The van der Waals surface area contributed by atoms with Crippen LogP contribution >= 0.6 is 11.8 Å². The van der Waals surface area contributed by atoms with Crippen LogP contribution < -0.4 is 11.1 Å². The molecule has 0 fully saturated rings. The number of amides is 1. The lowest BCUT2D eigenvalue weighted by molar-refractivity contribution is -0.148. The highest BCUT2D eigenvalue weighted by Crippen LogP contribution is 2.48. The number of hydrogen-bond acceptors (Lipinski definition) is 6. The molecule has 34 heavy (non-hydrogen) atoms. The van der Waals surface area contributed by atoms with E-state index in [0.717, 1.165) is 16.7 Å². The maximum absolute atomic E-state index is 12.8. The summed E-state index contributed by atoms with van der Waals surface area (Å²) in [5.41, 5.74) is 9.45. The fraction of sp³-hybridized carbons (Fsp3) is 0.259. The highest BCUT2D eigenvalue weighted by Gasteiger charge is 2.38. The first-order chi connectivity index (χ1) is 16.4. The number of aliphatic hydroxyl groups excluding tert-OH is 1. The van der Waals surface area contributed by atoms with E-state index in [1.54, 1.807) is 11.8 Å². The number of aliphatic hydroxyl groups is 1. The molecule has 3 rings (SSSR count). The first-order valence-corrected chi connectivity index (χ1v) is 12.0. The summed E-state index contributed by atoms with van der Waals surface area (Å²) in [4.78, 5) is 24.8. The Morgan fingerprint density at radius 2 is 1.32 bits per heavy atom. The number of methoxy groups -OCH3 is 1. The van der Waals surface area contributed by atoms with E-state index in [0.29, 0.717) is 0 Å². The molecular weight excluding hydrogens is 448 g/mol. The van der Waals surface area contributed by atoms with Gasteiger partial charge in [-0.1, -0.05) is 91.0 Å². The lowest BCUT2D eigenvalue weighted by atomic mass is 9.84. The standard InChI is InChI=1S/C27H30N2O4S/c1-19(30)24(26(32)33-2)29-25(31)23(28)18-34-27(20-12-6-3-7-13-20,21-14-8-4-9-15-21)22-16-10-5-11-17-22/h3-17,19,23-24,30H,18,28H2,1-2H3,(H,29,31)/t19-,23?,24+/m1/s1. The van der Waals surface area contributed by atoms with Crippen LogP contribution in [0.4, 0.5) is 0 Å². The van der Waals surface area contributed by atoms with Crippen LogP contribution in [0.2, 0.25) is 0 Å². The van der Waals surface area contributed by atoms with Crippen molar-refractivity contribution in [2.45, 2.75) is 29.9 Å². The second-order valence-corrected chi connectivity index (χ2v) is 9.18. The van der Waals surface area contributed by atoms with Crippen molar-refractivity contribution in [2.24, 2.45) is 5.73 Å². The number of ether oxygens (including phenoxy) is 1. The molecule has 0 aliphatic carbocycles. The van der Waals surface area contributed by atoms with Crippen molar-refractivity contribution >= 4 is 23.6 Å². The number of nitrogens with two attached hydrogens (primary N) is 1. The van der Waals surface area contributed by atoms with Gasteiger partial charge in [0.1, 0.15) is 0 Å². The summed E-state index contributed by atoms with van der Waals surface area (Å²) in [6.45, 7) is 1.41. The van der Waals surface area contributed by atoms with Crippen LogP contribution in [-0.2, 0) is 19.1 Å². The summed E-state index contributed by atoms with van der Waals surface area (Å²) < 4.78 is 4.06. The van der Waals surface area contributed by atoms with E-state index in [-0.39, 0.29) is 5.75 Å². The molecule has 0 heterocycles. The van der Waals surface area contributed by atoms with E-state index in [1.807, 2.05) is 54.6 Å². The zero-order chi connectivity index (χ0) is 24.6. The Kier molecular flexibility index (Phi) is 8.87. The Labute approximate surface area is 204 Å². The van der Waals surface area contributed by atoms with Crippen molar-refractivity contribution in [3.05, 3.63) is 108 Å². The van der Waals surface area contributed by atoms with Gasteiger partial charge in [-0.2, -0.15) is 0 Å². The van der Waals surface area contributed by atoms with Gasteiger partial charge in [-0.05, 0) is 23.6 Å². The molecule has 0 aliphatic rings. The number of carbonyl (C=O) groups is 2. The third-order valence-corrected chi connectivity index (χ3v) is 7.26. The van der Waals surface area contributed by atoms with Gasteiger partial charge in [-0.15, -0.1) is 11.8 Å². The van der Waals surface area contributed by atoms with Crippen molar-refractivity contribution in [1.82, 2.24) is 5.32 Å². The Hall–Kier alpha value is -3.13. The van der Waals surface area contributed by atoms with Crippen LogP contribution in [0.5, 0.6) is 0 Å². The first kappa shape index (κ1) is 25.5. The summed E-state index contributed by atoms with van der Waals surface area (Å²) in [5, 5.41) is 12.4.